The number of nitrogen functional groups attached to an aromatic ring is 1. The average molecular weight is 427 g/mol. The van der Waals surface area contributed by atoms with E-state index in [0.717, 1.165) is 14.5 Å². The Bertz CT molecular complexity index is 689. The molecule has 2 aromatic rings. The number of benzene rings is 2. The monoisotopic (exact) mass is 425 g/mol. The molecule has 0 saturated carbocycles. The Morgan fingerprint density at radius 2 is 1.73 bits per heavy atom. The number of esters is 1. The molecule has 0 atom stereocenters. The van der Waals surface area contributed by atoms with Gasteiger partial charge in [-0.2, -0.15) is 0 Å². The van der Waals surface area contributed by atoms with Crippen LogP contribution in [0.3, 0.4) is 0 Å². The fourth-order valence-electron chi connectivity index (χ4n) is 1.66. The molecule has 0 unspecified atom stereocenters. The highest BCUT2D eigenvalue weighted by Gasteiger charge is 2.09. The van der Waals surface area contributed by atoms with E-state index in [4.69, 9.17) is 10.5 Å². The molecular weight excluding hydrogens is 414 g/mol. The number of nitrogens with two attached hydrogens (primary N) is 1. The highest BCUT2D eigenvalue weighted by molar-refractivity contribution is 9.11. The van der Waals surface area contributed by atoms with Crippen LogP contribution in [-0.2, 0) is 9.53 Å². The van der Waals surface area contributed by atoms with E-state index in [1.54, 1.807) is 30.3 Å². The molecule has 0 aliphatic carbocycles. The van der Waals surface area contributed by atoms with Crippen molar-refractivity contribution in [3.63, 3.8) is 0 Å². The summed E-state index contributed by atoms with van der Waals surface area (Å²) in [7, 11) is 1.34. The van der Waals surface area contributed by atoms with Crippen LogP contribution in [0.15, 0.2) is 51.4 Å². The second-order valence-electron chi connectivity index (χ2n) is 4.34. The maximum absolute atomic E-state index is 11.1. The van der Waals surface area contributed by atoms with Gasteiger partial charge in [-0.15, -0.1) is 0 Å². The molecule has 0 fully saturated rings. The van der Waals surface area contributed by atoms with E-state index >= 15 is 0 Å². The summed E-state index contributed by atoms with van der Waals surface area (Å²) in [6.07, 6.45) is 3.02. The van der Waals surface area contributed by atoms with E-state index in [-0.39, 0.29) is 0 Å². The zero-order valence-electron chi connectivity index (χ0n) is 11.7. The maximum Gasteiger partial charge on any atom is 0.330 e. The van der Waals surface area contributed by atoms with Crippen molar-refractivity contribution >= 4 is 49.6 Å². The molecule has 0 amide bonds. The quantitative estimate of drug-likeness (QED) is 0.434. The van der Waals surface area contributed by atoms with Gasteiger partial charge < -0.3 is 15.2 Å². The topological polar surface area (TPSA) is 61.5 Å². The number of carbonyl (C=O) groups is 1. The predicted molar refractivity (Wildman–Crippen MR) is 93.8 cm³/mol. The Labute approximate surface area is 145 Å². The second-order valence-corrected chi connectivity index (χ2v) is 6.05. The number of anilines is 1. The first-order valence-electron chi connectivity index (χ1n) is 6.28. The zero-order chi connectivity index (χ0) is 16.1. The summed E-state index contributed by atoms with van der Waals surface area (Å²) in [5.74, 6) is 0.905. The highest BCUT2D eigenvalue weighted by Crippen LogP contribution is 2.38. The largest absolute Gasteiger partial charge is 0.466 e. The van der Waals surface area contributed by atoms with Crippen LogP contribution in [0.5, 0.6) is 11.5 Å². The molecular formula is C16H13Br2NO3. The lowest BCUT2D eigenvalue weighted by atomic mass is 10.2. The number of ether oxygens (including phenoxy) is 2. The van der Waals surface area contributed by atoms with Crippen molar-refractivity contribution in [1.82, 2.24) is 0 Å². The zero-order valence-corrected chi connectivity index (χ0v) is 14.8. The van der Waals surface area contributed by atoms with Crippen molar-refractivity contribution < 1.29 is 14.3 Å². The standard InChI is InChI=1S/C16H13Br2NO3/c1-21-15(20)7-2-10-8-13(17)16(14(18)9-10)22-12-5-3-11(19)4-6-12/h2-9H,19H2,1H3/b7-2+. The molecule has 2 aromatic carbocycles. The van der Waals surface area contributed by atoms with Crippen LogP contribution in [0.25, 0.3) is 6.08 Å². The van der Waals surface area contributed by atoms with Gasteiger partial charge in [0.15, 0.2) is 5.75 Å². The summed E-state index contributed by atoms with van der Waals surface area (Å²) < 4.78 is 11.9. The molecule has 0 aromatic heterocycles. The third kappa shape index (κ3) is 4.35. The maximum atomic E-state index is 11.1. The Balaban J connectivity index is 2.25. The van der Waals surface area contributed by atoms with Crippen LogP contribution >= 0.6 is 31.9 Å². The molecule has 0 aliphatic rings. The van der Waals surface area contributed by atoms with Gasteiger partial charge in [0.25, 0.3) is 0 Å². The van der Waals surface area contributed by atoms with E-state index in [9.17, 15) is 4.79 Å². The molecule has 0 radical (unpaired) electrons. The van der Waals surface area contributed by atoms with Gasteiger partial charge in [0, 0.05) is 11.8 Å². The van der Waals surface area contributed by atoms with Crippen molar-refractivity contribution in [2.24, 2.45) is 0 Å². The number of rotatable bonds is 4. The molecule has 0 spiro atoms. The number of hydrogen-bond donors (Lipinski definition) is 1. The molecule has 0 aliphatic heterocycles. The Morgan fingerprint density at radius 1 is 1.14 bits per heavy atom. The fourth-order valence-corrected chi connectivity index (χ4v) is 3.04. The first-order valence-corrected chi connectivity index (χ1v) is 7.86. The lowest BCUT2D eigenvalue weighted by Gasteiger charge is -2.11. The third-order valence-corrected chi connectivity index (χ3v) is 3.91. The van der Waals surface area contributed by atoms with Crippen LogP contribution in [0.1, 0.15) is 5.56 Å². The highest BCUT2D eigenvalue weighted by atomic mass is 79.9. The van der Waals surface area contributed by atoms with E-state index in [0.29, 0.717) is 17.2 Å². The Hall–Kier alpha value is -1.79. The number of halogens is 2. The molecule has 0 saturated heterocycles. The molecule has 2 N–H and O–H groups in total. The van der Waals surface area contributed by atoms with Crippen LogP contribution < -0.4 is 10.5 Å². The van der Waals surface area contributed by atoms with Crippen LogP contribution in [0.2, 0.25) is 0 Å². The summed E-state index contributed by atoms with van der Waals surface area (Å²) in [6.45, 7) is 0. The summed E-state index contributed by atoms with van der Waals surface area (Å²) in [5.41, 5.74) is 7.15. The Morgan fingerprint density at radius 3 is 2.27 bits per heavy atom. The molecule has 4 nitrogen and oxygen atoms in total. The van der Waals surface area contributed by atoms with Crippen molar-refractivity contribution in [2.75, 3.05) is 12.8 Å². The van der Waals surface area contributed by atoms with Crippen molar-refractivity contribution in [1.29, 1.82) is 0 Å². The first-order chi connectivity index (χ1) is 10.5. The normalized spacial score (nSPS) is 10.7. The van der Waals surface area contributed by atoms with Crippen molar-refractivity contribution in [3.05, 3.63) is 57.0 Å². The van der Waals surface area contributed by atoms with Crippen molar-refractivity contribution in [2.45, 2.75) is 0 Å². The van der Waals surface area contributed by atoms with Gasteiger partial charge in [-0.25, -0.2) is 4.79 Å². The summed E-state index contributed by atoms with van der Waals surface area (Å²) in [4.78, 5) is 11.1. The second kappa shape index (κ2) is 7.47. The summed E-state index contributed by atoms with van der Waals surface area (Å²) >= 11 is 6.93. The van der Waals surface area contributed by atoms with Crippen LogP contribution in [0, 0.1) is 0 Å². The van der Waals surface area contributed by atoms with E-state index in [2.05, 4.69) is 36.6 Å². The van der Waals surface area contributed by atoms with Crippen LogP contribution in [-0.4, -0.2) is 13.1 Å². The number of methoxy groups -OCH3 is 1. The smallest absolute Gasteiger partial charge is 0.330 e. The first kappa shape index (κ1) is 16.6. The third-order valence-electron chi connectivity index (χ3n) is 2.73. The fraction of sp³-hybridized carbons (Fsp3) is 0.0625. The van der Waals surface area contributed by atoms with E-state index < -0.39 is 5.97 Å². The number of carbonyl (C=O) groups excluding carboxylic acids is 1. The minimum absolute atomic E-state index is 0.408. The van der Waals surface area contributed by atoms with E-state index in [1.807, 2.05) is 12.1 Å². The molecule has 22 heavy (non-hydrogen) atoms. The minimum atomic E-state index is -0.408. The molecule has 2 rings (SSSR count). The Kier molecular flexibility index (Phi) is 5.63. The molecule has 6 heteroatoms. The van der Waals surface area contributed by atoms with Gasteiger partial charge in [-0.1, -0.05) is 0 Å². The molecule has 0 bridgehead atoms. The lowest BCUT2D eigenvalue weighted by Crippen LogP contribution is -1.93. The summed E-state index contributed by atoms with van der Waals surface area (Å²) in [6, 6.07) is 10.8. The average Bonchev–Trinajstić information content (AvgIpc) is 2.50. The van der Waals surface area contributed by atoms with Crippen LogP contribution in [0.4, 0.5) is 5.69 Å². The van der Waals surface area contributed by atoms with Gasteiger partial charge in [0.1, 0.15) is 5.75 Å². The van der Waals surface area contributed by atoms with Crippen molar-refractivity contribution in [3.8, 4) is 11.5 Å². The number of hydrogen-bond acceptors (Lipinski definition) is 4. The predicted octanol–water partition coefficient (Wildman–Crippen LogP) is 4.77. The van der Waals surface area contributed by atoms with E-state index in [1.165, 1.54) is 13.2 Å². The molecule has 0 heterocycles. The van der Waals surface area contributed by atoms with Gasteiger partial charge in [0.05, 0.1) is 16.1 Å². The lowest BCUT2D eigenvalue weighted by molar-refractivity contribution is -0.134. The SMILES string of the molecule is COC(=O)/C=C/c1cc(Br)c(Oc2ccc(N)cc2)c(Br)c1. The minimum Gasteiger partial charge on any atom is -0.466 e. The molecule has 114 valence electrons. The van der Waals surface area contributed by atoms with Gasteiger partial charge in [-0.05, 0) is 79.9 Å². The van der Waals surface area contributed by atoms with Gasteiger partial charge in [0.2, 0.25) is 0 Å². The van der Waals surface area contributed by atoms with Gasteiger partial charge >= 0.3 is 5.97 Å². The van der Waals surface area contributed by atoms with Gasteiger partial charge in [-0.3, -0.25) is 0 Å². The summed E-state index contributed by atoms with van der Waals surface area (Å²) in [5, 5.41) is 0.